The molecule has 1 aliphatic heterocycles. The summed E-state index contributed by atoms with van der Waals surface area (Å²) in [4.78, 5) is 4.59. The van der Waals surface area contributed by atoms with E-state index >= 15 is 0 Å². The average molecular weight is 479 g/mol. The fraction of sp³-hybridized carbons (Fsp3) is 0.632. The third-order valence-corrected chi connectivity index (χ3v) is 4.03. The van der Waals surface area contributed by atoms with Crippen LogP contribution in [0.5, 0.6) is 5.75 Å². The average Bonchev–Trinajstić information content (AvgIpc) is 3.12. The third kappa shape index (κ3) is 8.07. The Morgan fingerprint density at radius 2 is 2.23 bits per heavy atom. The minimum atomic E-state index is -0.328. The fourth-order valence-electron chi connectivity index (χ4n) is 2.66. The molecule has 0 radical (unpaired) electrons. The molecular weight excluding hydrogens is 448 g/mol. The molecular formula is C19H31FIN3O2. The number of hydrogen-bond acceptors (Lipinski definition) is 3. The number of benzene rings is 1. The van der Waals surface area contributed by atoms with Crippen LogP contribution in [-0.2, 0) is 11.3 Å². The first-order valence-corrected chi connectivity index (χ1v) is 9.15. The highest BCUT2D eigenvalue weighted by atomic mass is 127. The van der Waals surface area contributed by atoms with Gasteiger partial charge in [0.15, 0.2) is 5.96 Å². The van der Waals surface area contributed by atoms with Crippen molar-refractivity contribution in [3.63, 3.8) is 0 Å². The molecule has 1 aromatic carbocycles. The van der Waals surface area contributed by atoms with Crippen molar-refractivity contribution in [3.05, 3.63) is 29.3 Å². The zero-order chi connectivity index (χ0) is 17.9. The van der Waals surface area contributed by atoms with Gasteiger partial charge in [0.2, 0.25) is 0 Å². The Morgan fingerprint density at radius 1 is 1.38 bits per heavy atom. The number of hydrogen-bond donors (Lipinski definition) is 2. The smallest absolute Gasteiger partial charge is 0.191 e. The molecule has 1 aliphatic rings. The summed E-state index contributed by atoms with van der Waals surface area (Å²) < 4.78 is 23.9. The Balaban J connectivity index is 0.00000338. The Labute approximate surface area is 173 Å². The van der Waals surface area contributed by atoms with Crippen LogP contribution in [-0.4, -0.2) is 45.0 Å². The van der Waals surface area contributed by atoms with E-state index in [9.17, 15) is 4.39 Å². The van der Waals surface area contributed by atoms with Crippen LogP contribution in [0.25, 0.3) is 0 Å². The number of nitrogens with zero attached hydrogens (tertiary/aromatic N) is 1. The van der Waals surface area contributed by atoms with Crippen molar-refractivity contribution in [1.29, 1.82) is 0 Å². The van der Waals surface area contributed by atoms with Gasteiger partial charge in [0.1, 0.15) is 12.4 Å². The molecule has 7 heteroatoms. The molecule has 0 aromatic heterocycles. The van der Waals surface area contributed by atoms with Crippen molar-refractivity contribution in [3.8, 4) is 5.75 Å². The van der Waals surface area contributed by atoms with Gasteiger partial charge >= 0.3 is 0 Å². The Kier molecular flexibility index (Phi) is 11.6. The molecule has 0 saturated carbocycles. The van der Waals surface area contributed by atoms with Crippen molar-refractivity contribution < 1.29 is 13.9 Å². The number of ether oxygens (including phenoxy) is 2. The van der Waals surface area contributed by atoms with Crippen LogP contribution in [0.15, 0.2) is 23.2 Å². The lowest BCUT2D eigenvalue weighted by atomic mass is 10.1. The topological polar surface area (TPSA) is 54.9 Å². The normalized spacial score (nSPS) is 16.9. The number of guanidine groups is 1. The minimum absolute atomic E-state index is 0. The molecule has 148 valence electrons. The second-order valence-electron chi connectivity index (χ2n) is 6.22. The van der Waals surface area contributed by atoms with Crippen molar-refractivity contribution in [1.82, 2.24) is 10.6 Å². The molecule has 1 aromatic rings. The lowest BCUT2D eigenvalue weighted by molar-refractivity contribution is 0.0676. The number of rotatable bonds is 9. The standard InChI is InChI=1S/C19H30FN3O2.HI/c1-3-21-19(22-10-5-9-20)23-13-16-8-7-15(2)12-18(16)25-14-17-6-4-11-24-17;/h7-8,12,17H,3-6,9-11,13-14H2,1-2H3,(H2,21,22,23);1H. The molecule has 1 atom stereocenters. The summed E-state index contributed by atoms with van der Waals surface area (Å²) in [5, 5.41) is 6.31. The van der Waals surface area contributed by atoms with Gasteiger partial charge in [-0.2, -0.15) is 0 Å². The van der Waals surface area contributed by atoms with Gasteiger partial charge in [-0.3, -0.25) is 4.39 Å². The lowest BCUT2D eigenvalue weighted by Gasteiger charge is -2.15. The van der Waals surface area contributed by atoms with Crippen LogP contribution < -0.4 is 15.4 Å². The van der Waals surface area contributed by atoms with Crippen molar-refractivity contribution in [2.75, 3.05) is 33.0 Å². The van der Waals surface area contributed by atoms with Gasteiger partial charge in [0.05, 0.1) is 19.3 Å². The fourth-order valence-corrected chi connectivity index (χ4v) is 2.66. The molecule has 0 amide bonds. The maximum atomic E-state index is 12.3. The van der Waals surface area contributed by atoms with E-state index in [0.29, 0.717) is 32.1 Å². The summed E-state index contributed by atoms with van der Waals surface area (Å²) in [5.74, 6) is 1.56. The molecule has 0 aliphatic carbocycles. The molecule has 2 rings (SSSR count). The molecule has 1 fully saturated rings. The summed E-state index contributed by atoms with van der Waals surface area (Å²) in [6, 6.07) is 6.16. The van der Waals surface area contributed by atoms with Gasteiger partial charge in [-0.15, -0.1) is 24.0 Å². The van der Waals surface area contributed by atoms with Crippen molar-refractivity contribution >= 4 is 29.9 Å². The number of aryl methyl sites for hydroxylation is 1. The van der Waals surface area contributed by atoms with Gasteiger partial charge in [-0.1, -0.05) is 12.1 Å². The summed E-state index contributed by atoms with van der Waals surface area (Å²) >= 11 is 0. The molecule has 1 heterocycles. The first-order valence-electron chi connectivity index (χ1n) is 9.15. The highest BCUT2D eigenvalue weighted by Gasteiger charge is 2.16. The van der Waals surface area contributed by atoms with E-state index < -0.39 is 0 Å². The summed E-state index contributed by atoms with van der Waals surface area (Å²) in [5.41, 5.74) is 2.19. The van der Waals surface area contributed by atoms with E-state index in [1.54, 1.807) is 0 Å². The first kappa shape index (κ1) is 23.0. The Bertz CT molecular complexity index is 552. The second kappa shape index (κ2) is 13.1. The molecule has 1 unspecified atom stereocenters. The van der Waals surface area contributed by atoms with Crippen LogP contribution in [0.3, 0.4) is 0 Å². The predicted molar refractivity (Wildman–Crippen MR) is 114 cm³/mol. The van der Waals surface area contributed by atoms with E-state index in [2.05, 4.69) is 34.7 Å². The van der Waals surface area contributed by atoms with E-state index in [1.165, 1.54) is 0 Å². The van der Waals surface area contributed by atoms with Crippen LogP contribution in [0, 0.1) is 6.92 Å². The van der Waals surface area contributed by atoms with Gasteiger partial charge in [-0.25, -0.2) is 4.99 Å². The van der Waals surface area contributed by atoms with E-state index in [1.807, 2.05) is 13.0 Å². The molecule has 1 saturated heterocycles. The molecule has 5 nitrogen and oxygen atoms in total. The maximum absolute atomic E-state index is 12.3. The van der Waals surface area contributed by atoms with Gasteiger partial charge in [0, 0.05) is 25.3 Å². The van der Waals surface area contributed by atoms with Crippen LogP contribution in [0.1, 0.15) is 37.3 Å². The Hall–Kier alpha value is -1.09. The van der Waals surface area contributed by atoms with E-state index in [0.717, 1.165) is 42.9 Å². The SMILES string of the molecule is CCNC(=NCc1ccc(C)cc1OCC1CCCO1)NCCCF.I. The molecule has 0 bridgehead atoms. The second-order valence-corrected chi connectivity index (χ2v) is 6.22. The minimum Gasteiger partial charge on any atom is -0.491 e. The van der Waals surface area contributed by atoms with Crippen molar-refractivity contribution in [2.24, 2.45) is 4.99 Å². The summed E-state index contributed by atoms with van der Waals surface area (Å²) in [6.45, 7) is 6.97. The largest absolute Gasteiger partial charge is 0.491 e. The zero-order valence-corrected chi connectivity index (χ0v) is 18.1. The van der Waals surface area contributed by atoms with E-state index in [4.69, 9.17) is 9.47 Å². The van der Waals surface area contributed by atoms with Crippen LogP contribution in [0.2, 0.25) is 0 Å². The highest BCUT2D eigenvalue weighted by molar-refractivity contribution is 14.0. The number of alkyl halides is 1. The van der Waals surface area contributed by atoms with Gasteiger partial charge < -0.3 is 20.1 Å². The lowest BCUT2D eigenvalue weighted by Crippen LogP contribution is -2.37. The van der Waals surface area contributed by atoms with Gasteiger partial charge in [-0.05, 0) is 44.7 Å². The highest BCUT2D eigenvalue weighted by Crippen LogP contribution is 2.23. The number of halogens is 2. The molecule has 2 N–H and O–H groups in total. The number of nitrogens with one attached hydrogen (secondary N) is 2. The quantitative estimate of drug-likeness (QED) is 0.246. The zero-order valence-electron chi connectivity index (χ0n) is 15.7. The monoisotopic (exact) mass is 479 g/mol. The summed E-state index contributed by atoms with van der Waals surface area (Å²) in [6.07, 6.45) is 2.83. The Morgan fingerprint density at radius 3 is 2.92 bits per heavy atom. The van der Waals surface area contributed by atoms with Crippen LogP contribution in [0.4, 0.5) is 4.39 Å². The molecule has 26 heavy (non-hydrogen) atoms. The van der Waals surface area contributed by atoms with Gasteiger partial charge in [0.25, 0.3) is 0 Å². The third-order valence-electron chi connectivity index (χ3n) is 4.03. The number of aliphatic imine (C=N–C) groups is 1. The van der Waals surface area contributed by atoms with Crippen LogP contribution >= 0.6 is 24.0 Å². The summed E-state index contributed by atoms with van der Waals surface area (Å²) in [7, 11) is 0. The maximum Gasteiger partial charge on any atom is 0.191 e. The predicted octanol–water partition coefficient (Wildman–Crippen LogP) is 3.59. The van der Waals surface area contributed by atoms with Crippen molar-refractivity contribution in [2.45, 2.75) is 45.8 Å². The first-order chi connectivity index (χ1) is 12.2. The van der Waals surface area contributed by atoms with E-state index in [-0.39, 0.29) is 36.8 Å². The molecule has 0 spiro atoms.